The molecule has 3 rings (SSSR count). The minimum absolute atomic E-state index is 0.317. The number of carbonyl (C=O) groups is 2. The monoisotopic (exact) mass is 411 g/mol. The Balaban J connectivity index is 1.71. The fourth-order valence-electron chi connectivity index (χ4n) is 4.84. The second-order valence-corrected chi connectivity index (χ2v) is 8.82. The molecule has 0 heterocycles. The molecule has 0 aromatic heterocycles. The summed E-state index contributed by atoms with van der Waals surface area (Å²) in [5, 5.41) is 0. The van der Waals surface area contributed by atoms with Crippen LogP contribution in [0, 0.1) is 11.8 Å². The lowest BCUT2D eigenvalue weighted by Crippen LogP contribution is -2.31. The summed E-state index contributed by atoms with van der Waals surface area (Å²) in [5.74, 6) is 1.64. The Labute approximate surface area is 179 Å². The summed E-state index contributed by atoms with van der Waals surface area (Å²) < 4.78 is 10.7. The molecule has 1 aromatic carbocycles. The van der Waals surface area contributed by atoms with Crippen LogP contribution in [-0.2, 0) is 9.59 Å². The number of carbonyl (C=O) groups excluding carboxylic acids is 2. The molecule has 0 radical (unpaired) electrons. The van der Waals surface area contributed by atoms with Crippen molar-refractivity contribution in [3.8, 4) is 11.5 Å². The van der Waals surface area contributed by atoms with Gasteiger partial charge < -0.3 is 15.2 Å². The van der Waals surface area contributed by atoms with Crippen LogP contribution < -0.4 is 15.2 Å². The van der Waals surface area contributed by atoms with E-state index in [1.807, 2.05) is 12.1 Å². The van der Waals surface area contributed by atoms with Gasteiger partial charge in [0.05, 0.1) is 0 Å². The Morgan fingerprint density at radius 2 is 1.47 bits per heavy atom. The number of benzene rings is 1. The highest BCUT2D eigenvalue weighted by atomic mass is 16.5. The molecule has 0 amide bonds. The van der Waals surface area contributed by atoms with Gasteiger partial charge in [-0.3, -0.25) is 0 Å². The smallest absolute Gasteiger partial charge is 0.338 e. The van der Waals surface area contributed by atoms with Crippen LogP contribution in [-0.4, -0.2) is 18.0 Å². The van der Waals surface area contributed by atoms with Gasteiger partial charge in [-0.05, 0) is 93.7 Å². The minimum atomic E-state index is -0.538. The third-order valence-corrected chi connectivity index (χ3v) is 6.57. The molecule has 5 nitrogen and oxygen atoms in total. The van der Waals surface area contributed by atoms with Crippen LogP contribution in [0.4, 0.5) is 0 Å². The quantitative estimate of drug-likeness (QED) is 0.402. The maximum Gasteiger partial charge on any atom is 0.338 e. The molecule has 5 heteroatoms. The summed E-state index contributed by atoms with van der Waals surface area (Å²) in [5.41, 5.74) is 7.42. The first kappa shape index (κ1) is 22.3. The van der Waals surface area contributed by atoms with Crippen LogP contribution in [0.25, 0.3) is 0 Å². The Morgan fingerprint density at radius 1 is 0.933 bits per heavy atom. The van der Waals surface area contributed by atoms with Gasteiger partial charge in [0.25, 0.3) is 0 Å². The molecule has 2 aliphatic rings. The van der Waals surface area contributed by atoms with Crippen LogP contribution in [0.15, 0.2) is 43.0 Å². The van der Waals surface area contributed by atoms with Crippen molar-refractivity contribution >= 4 is 11.9 Å². The standard InChI is InChI=1S/C25H33NO4/c1-4-24(27)29-22-13-20(14-23(15-22)30-25(28)16(2)3)19-7-5-17(6-8-19)18-9-11-21(26)12-10-18/h4,13-15,17-19,21H,1-2,5-12,26H2,3H3. The van der Waals surface area contributed by atoms with E-state index in [0.29, 0.717) is 29.0 Å². The highest BCUT2D eigenvalue weighted by Gasteiger charge is 2.31. The van der Waals surface area contributed by atoms with Crippen molar-refractivity contribution in [3.63, 3.8) is 0 Å². The number of rotatable bonds is 6. The Kier molecular flexibility index (Phi) is 7.48. The molecule has 2 fully saturated rings. The number of hydrogen-bond donors (Lipinski definition) is 1. The third kappa shape index (κ3) is 5.82. The SMILES string of the molecule is C=CC(=O)Oc1cc(OC(=O)C(=C)C)cc(C2CCC(C3CCC(N)CC3)CC2)c1. The van der Waals surface area contributed by atoms with Gasteiger partial charge in [-0.2, -0.15) is 0 Å². The summed E-state index contributed by atoms with van der Waals surface area (Å²) in [4.78, 5) is 23.7. The fraction of sp³-hybridized carbons (Fsp3) is 0.520. The molecule has 162 valence electrons. The van der Waals surface area contributed by atoms with Crippen molar-refractivity contribution in [2.45, 2.75) is 70.3 Å². The summed E-state index contributed by atoms with van der Waals surface area (Å²) in [7, 11) is 0. The molecule has 0 spiro atoms. The summed E-state index contributed by atoms with van der Waals surface area (Å²) in [6, 6.07) is 5.71. The predicted octanol–water partition coefficient (Wildman–Crippen LogP) is 5.05. The highest BCUT2D eigenvalue weighted by Crippen LogP contribution is 2.44. The topological polar surface area (TPSA) is 78.6 Å². The molecule has 0 unspecified atom stereocenters. The van der Waals surface area contributed by atoms with E-state index in [9.17, 15) is 9.59 Å². The highest BCUT2D eigenvalue weighted by molar-refractivity contribution is 5.89. The molecule has 0 bridgehead atoms. The molecular weight excluding hydrogens is 378 g/mol. The van der Waals surface area contributed by atoms with Crippen LogP contribution in [0.1, 0.15) is 69.8 Å². The normalized spacial score (nSPS) is 26.5. The number of nitrogens with two attached hydrogens (primary N) is 1. The number of ether oxygens (including phenoxy) is 2. The van der Waals surface area contributed by atoms with E-state index < -0.39 is 11.9 Å². The van der Waals surface area contributed by atoms with Crippen molar-refractivity contribution in [3.05, 3.63) is 48.6 Å². The maximum absolute atomic E-state index is 12.0. The van der Waals surface area contributed by atoms with Crippen LogP contribution in [0.5, 0.6) is 11.5 Å². The molecule has 0 saturated heterocycles. The van der Waals surface area contributed by atoms with E-state index in [-0.39, 0.29) is 0 Å². The summed E-state index contributed by atoms with van der Waals surface area (Å²) in [6.45, 7) is 8.67. The third-order valence-electron chi connectivity index (χ3n) is 6.57. The molecule has 1 aromatic rings. The van der Waals surface area contributed by atoms with E-state index in [1.165, 1.54) is 25.7 Å². The fourth-order valence-corrected chi connectivity index (χ4v) is 4.84. The van der Waals surface area contributed by atoms with E-state index in [2.05, 4.69) is 13.2 Å². The van der Waals surface area contributed by atoms with Crippen LogP contribution in [0.3, 0.4) is 0 Å². The van der Waals surface area contributed by atoms with Crippen molar-refractivity contribution in [1.29, 1.82) is 0 Å². The minimum Gasteiger partial charge on any atom is -0.423 e. The molecule has 0 aliphatic heterocycles. The lowest BCUT2D eigenvalue weighted by atomic mass is 9.69. The van der Waals surface area contributed by atoms with Gasteiger partial charge in [0.1, 0.15) is 11.5 Å². The van der Waals surface area contributed by atoms with Gasteiger partial charge in [-0.1, -0.05) is 13.2 Å². The van der Waals surface area contributed by atoms with Gasteiger partial charge >= 0.3 is 11.9 Å². The Bertz CT molecular complexity index is 799. The zero-order chi connectivity index (χ0) is 21.7. The number of hydrogen-bond acceptors (Lipinski definition) is 5. The van der Waals surface area contributed by atoms with Gasteiger partial charge in [0.2, 0.25) is 0 Å². The average Bonchev–Trinajstić information content (AvgIpc) is 2.74. The zero-order valence-corrected chi connectivity index (χ0v) is 17.9. The first-order valence-electron chi connectivity index (χ1n) is 11.0. The molecule has 2 N–H and O–H groups in total. The number of esters is 2. The van der Waals surface area contributed by atoms with Gasteiger partial charge in [-0.25, -0.2) is 9.59 Å². The molecule has 0 atom stereocenters. The van der Waals surface area contributed by atoms with E-state index in [0.717, 1.165) is 49.2 Å². The summed E-state index contributed by atoms with van der Waals surface area (Å²) >= 11 is 0. The van der Waals surface area contributed by atoms with Crippen LogP contribution >= 0.6 is 0 Å². The lowest BCUT2D eigenvalue weighted by Gasteiger charge is -2.37. The molecule has 2 aliphatic carbocycles. The predicted molar refractivity (Wildman–Crippen MR) is 117 cm³/mol. The maximum atomic E-state index is 12.0. The first-order chi connectivity index (χ1) is 14.4. The van der Waals surface area contributed by atoms with E-state index in [1.54, 1.807) is 13.0 Å². The van der Waals surface area contributed by atoms with Crippen molar-refractivity contribution in [1.82, 2.24) is 0 Å². The molecule has 30 heavy (non-hydrogen) atoms. The average molecular weight is 412 g/mol. The lowest BCUT2D eigenvalue weighted by molar-refractivity contribution is -0.130. The van der Waals surface area contributed by atoms with Crippen molar-refractivity contribution in [2.24, 2.45) is 17.6 Å². The van der Waals surface area contributed by atoms with Gasteiger partial charge in [0, 0.05) is 23.8 Å². The molecular formula is C25H33NO4. The van der Waals surface area contributed by atoms with Crippen molar-refractivity contribution in [2.75, 3.05) is 0 Å². The largest absolute Gasteiger partial charge is 0.423 e. The second kappa shape index (κ2) is 10.1. The Hall–Kier alpha value is -2.40. The zero-order valence-electron chi connectivity index (χ0n) is 17.9. The van der Waals surface area contributed by atoms with Crippen LogP contribution in [0.2, 0.25) is 0 Å². The Morgan fingerprint density at radius 3 is 2.00 bits per heavy atom. The van der Waals surface area contributed by atoms with E-state index in [4.69, 9.17) is 15.2 Å². The second-order valence-electron chi connectivity index (χ2n) is 8.82. The van der Waals surface area contributed by atoms with E-state index >= 15 is 0 Å². The van der Waals surface area contributed by atoms with Gasteiger partial charge in [0.15, 0.2) is 0 Å². The van der Waals surface area contributed by atoms with Crippen molar-refractivity contribution < 1.29 is 19.1 Å². The summed E-state index contributed by atoms with van der Waals surface area (Å²) in [6.07, 6.45) is 10.5. The molecule has 2 saturated carbocycles. The van der Waals surface area contributed by atoms with Gasteiger partial charge in [-0.15, -0.1) is 0 Å². The first-order valence-corrected chi connectivity index (χ1v) is 11.0.